The summed E-state index contributed by atoms with van der Waals surface area (Å²) < 4.78 is 0. The van der Waals surface area contributed by atoms with Gasteiger partial charge in [-0.1, -0.05) is 31.5 Å². The van der Waals surface area contributed by atoms with Crippen molar-refractivity contribution in [2.75, 3.05) is 0 Å². The van der Waals surface area contributed by atoms with Gasteiger partial charge in [0.1, 0.15) is 0 Å². The first-order valence-electron chi connectivity index (χ1n) is 5.60. The number of rotatable bonds is 3. The number of nitrogens with one attached hydrogen (secondary N) is 1. The molecule has 0 aliphatic heterocycles. The minimum absolute atomic E-state index is 0.0182. The zero-order valence-corrected chi connectivity index (χ0v) is 10.3. The first kappa shape index (κ1) is 12.4. The number of carbonyl (C=O) groups is 1. The van der Waals surface area contributed by atoms with E-state index >= 15 is 0 Å². The van der Waals surface area contributed by atoms with Gasteiger partial charge in [0, 0.05) is 6.04 Å². The Labute approximate surface area is 96.8 Å². The zero-order chi connectivity index (χ0) is 11.5. The van der Waals surface area contributed by atoms with Crippen molar-refractivity contribution in [3.8, 4) is 0 Å². The summed E-state index contributed by atoms with van der Waals surface area (Å²) in [6.45, 7) is 3.90. The Morgan fingerprint density at radius 3 is 2.27 bits per heavy atom. The number of carbonyl (C=O) groups excluding carboxylic acids is 1. The highest BCUT2D eigenvalue weighted by atomic mass is 32.1. The Morgan fingerprint density at radius 2 is 1.87 bits per heavy atom. The Morgan fingerprint density at radius 1 is 1.33 bits per heavy atom. The summed E-state index contributed by atoms with van der Waals surface area (Å²) in [6, 6.07) is 0.144. The van der Waals surface area contributed by atoms with E-state index in [0.717, 1.165) is 25.7 Å². The predicted octanol–water partition coefficient (Wildman–Crippen LogP) is 1.75. The Hall–Kier alpha value is -0.640. The minimum Gasteiger partial charge on any atom is -0.392 e. The molecule has 0 heterocycles. The molecule has 1 rings (SSSR count). The monoisotopic (exact) mass is 228 g/mol. The number of hydrogen-bond acceptors (Lipinski definition) is 2. The molecule has 0 radical (unpaired) electrons. The molecule has 1 aliphatic carbocycles. The summed E-state index contributed by atoms with van der Waals surface area (Å²) in [5.41, 5.74) is 5.18. The molecule has 0 aromatic heterocycles. The first-order valence-corrected chi connectivity index (χ1v) is 6.01. The smallest absolute Gasteiger partial charge is 0.233 e. The molecule has 4 heteroatoms. The molecule has 0 saturated heterocycles. The van der Waals surface area contributed by atoms with Crippen LogP contribution in [0.15, 0.2) is 0 Å². The molecule has 0 unspecified atom stereocenters. The largest absolute Gasteiger partial charge is 0.392 e. The lowest BCUT2D eigenvalue weighted by molar-refractivity contribution is -0.129. The SMILES string of the molecule is CC(C)NC(=O)C1(C(N)=S)CCCCC1. The third-order valence-corrected chi connectivity index (χ3v) is 3.42. The van der Waals surface area contributed by atoms with Crippen LogP contribution in [-0.2, 0) is 4.79 Å². The molecular weight excluding hydrogens is 208 g/mol. The van der Waals surface area contributed by atoms with Gasteiger partial charge in [-0.2, -0.15) is 0 Å². The molecule has 1 amide bonds. The normalized spacial score (nSPS) is 19.9. The molecule has 0 bridgehead atoms. The third kappa shape index (κ3) is 2.68. The number of hydrogen-bond donors (Lipinski definition) is 2. The molecular formula is C11H20N2OS. The van der Waals surface area contributed by atoms with Crippen molar-refractivity contribution in [2.45, 2.75) is 52.0 Å². The predicted molar refractivity (Wildman–Crippen MR) is 65.6 cm³/mol. The maximum atomic E-state index is 12.1. The van der Waals surface area contributed by atoms with Crippen LogP contribution in [0.2, 0.25) is 0 Å². The first-order chi connectivity index (χ1) is 6.99. The maximum absolute atomic E-state index is 12.1. The molecule has 3 nitrogen and oxygen atoms in total. The standard InChI is InChI=1S/C11H20N2OS/c1-8(2)13-10(14)11(9(12)15)6-4-3-5-7-11/h8H,3-7H2,1-2H3,(H2,12,15)(H,13,14). The van der Waals surface area contributed by atoms with Crippen LogP contribution < -0.4 is 11.1 Å². The van der Waals surface area contributed by atoms with E-state index in [0.29, 0.717) is 4.99 Å². The van der Waals surface area contributed by atoms with Crippen LogP contribution in [0, 0.1) is 5.41 Å². The van der Waals surface area contributed by atoms with Crippen LogP contribution in [0.5, 0.6) is 0 Å². The maximum Gasteiger partial charge on any atom is 0.233 e. The van der Waals surface area contributed by atoms with Crippen LogP contribution in [0.3, 0.4) is 0 Å². The van der Waals surface area contributed by atoms with Gasteiger partial charge in [-0.15, -0.1) is 0 Å². The van der Waals surface area contributed by atoms with Gasteiger partial charge in [-0.05, 0) is 26.7 Å². The molecule has 1 aliphatic rings. The van der Waals surface area contributed by atoms with E-state index in [2.05, 4.69) is 5.32 Å². The number of nitrogens with two attached hydrogens (primary N) is 1. The Balaban J connectivity index is 2.80. The second-order valence-corrected chi connectivity index (χ2v) is 5.08. The van der Waals surface area contributed by atoms with Gasteiger partial charge in [0.2, 0.25) is 5.91 Å². The second kappa shape index (κ2) is 4.92. The molecule has 1 saturated carbocycles. The minimum atomic E-state index is -0.572. The lowest BCUT2D eigenvalue weighted by Crippen LogP contribution is -2.51. The van der Waals surface area contributed by atoms with Gasteiger partial charge in [-0.25, -0.2) is 0 Å². The van der Waals surface area contributed by atoms with Crippen molar-refractivity contribution in [2.24, 2.45) is 11.1 Å². The highest BCUT2D eigenvalue weighted by Crippen LogP contribution is 2.37. The van der Waals surface area contributed by atoms with Crippen LogP contribution in [0.25, 0.3) is 0 Å². The molecule has 15 heavy (non-hydrogen) atoms. The summed E-state index contributed by atoms with van der Waals surface area (Å²) in [5, 5.41) is 2.93. The van der Waals surface area contributed by atoms with E-state index in [-0.39, 0.29) is 11.9 Å². The highest BCUT2D eigenvalue weighted by molar-refractivity contribution is 7.80. The van der Waals surface area contributed by atoms with Gasteiger partial charge < -0.3 is 11.1 Å². The van der Waals surface area contributed by atoms with Gasteiger partial charge in [-0.3, -0.25) is 4.79 Å². The lowest BCUT2D eigenvalue weighted by Gasteiger charge is -2.35. The van der Waals surface area contributed by atoms with Gasteiger partial charge >= 0.3 is 0 Å². The van der Waals surface area contributed by atoms with Crippen molar-refractivity contribution >= 4 is 23.1 Å². The summed E-state index contributed by atoms with van der Waals surface area (Å²) in [7, 11) is 0. The summed E-state index contributed by atoms with van der Waals surface area (Å²) >= 11 is 5.07. The van der Waals surface area contributed by atoms with Crippen LogP contribution in [-0.4, -0.2) is 16.9 Å². The van der Waals surface area contributed by atoms with E-state index in [1.807, 2.05) is 13.8 Å². The third-order valence-electron chi connectivity index (χ3n) is 3.03. The van der Waals surface area contributed by atoms with E-state index in [9.17, 15) is 4.79 Å². The molecule has 86 valence electrons. The van der Waals surface area contributed by atoms with E-state index < -0.39 is 5.41 Å². The fourth-order valence-corrected chi connectivity index (χ4v) is 2.44. The Bertz CT molecular complexity index is 257. The molecule has 3 N–H and O–H groups in total. The number of thiocarbonyl (C=S) groups is 1. The number of amides is 1. The van der Waals surface area contributed by atoms with E-state index in [4.69, 9.17) is 18.0 Å². The van der Waals surface area contributed by atoms with E-state index in [1.54, 1.807) is 0 Å². The lowest BCUT2D eigenvalue weighted by atomic mass is 9.73. The van der Waals surface area contributed by atoms with Crippen molar-refractivity contribution in [3.63, 3.8) is 0 Å². The quantitative estimate of drug-likeness (QED) is 0.724. The average Bonchev–Trinajstić information content (AvgIpc) is 2.17. The molecule has 0 aromatic carbocycles. The molecule has 1 fully saturated rings. The molecule has 0 atom stereocenters. The summed E-state index contributed by atoms with van der Waals surface area (Å²) in [4.78, 5) is 12.5. The summed E-state index contributed by atoms with van der Waals surface area (Å²) in [6.07, 6.45) is 4.88. The Kier molecular flexibility index (Phi) is 4.08. The van der Waals surface area contributed by atoms with Gasteiger partial charge in [0.05, 0.1) is 10.4 Å². The van der Waals surface area contributed by atoms with Crippen molar-refractivity contribution in [1.29, 1.82) is 0 Å². The van der Waals surface area contributed by atoms with Crippen LogP contribution in [0.1, 0.15) is 46.0 Å². The summed E-state index contributed by atoms with van der Waals surface area (Å²) in [5.74, 6) is 0.0182. The molecule has 0 aromatic rings. The highest BCUT2D eigenvalue weighted by Gasteiger charge is 2.42. The van der Waals surface area contributed by atoms with Crippen molar-refractivity contribution < 1.29 is 4.79 Å². The fraction of sp³-hybridized carbons (Fsp3) is 0.818. The van der Waals surface area contributed by atoms with Crippen LogP contribution >= 0.6 is 12.2 Å². The second-order valence-electron chi connectivity index (χ2n) is 4.64. The van der Waals surface area contributed by atoms with Gasteiger partial charge in [0.25, 0.3) is 0 Å². The zero-order valence-electron chi connectivity index (χ0n) is 9.51. The van der Waals surface area contributed by atoms with Crippen molar-refractivity contribution in [3.05, 3.63) is 0 Å². The van der Waals surface area contributed by atoms with Crippen molar-refractivity contribution in [1.82, 2.24) is 5.32 Å². The molecule has 0 spiro atoms. The topological polar surface area (TPSA) is 55.1 Å². The van der Waals surface area contributed by atoms with Gasteiger partial charge in [0.15, 0.2) is 0 Å². The van der Waals surface area contributed by atoms with Crippen LogP contribution in [0.4, 0.5) is 0 Å². The van der Waals surface area contributed by atoms with E-state index in [1.165, 1.54) is 6.42 Å². The fourth-order valence-electron chi connectivity index (χ4n) is 2.14. The average molecular weight is 228 g/mol.